The van der Waals surface area contributed by atoms with E-state index in [9.17, 15) is 4.79 Å². The van der Waals surface area contributed by atoms with Crippen LogP contribution in [0.4, 0.5) is 10.5 Å². The SMILES string of the molecule is COc1ccccc1NC(=O)N1CCC[C@@H]1Cc1ccccc1. The summed E-state index contributed by atoms with van der Waals surface area (Å²) in [5.41, 5.74) is 1.99. The van der Waals surface area contributed by atoms with E-state index in [1.165, 1.54) is 5.56 Å². The number of benzene rings is 2. The second-order valence-electron chi connectivity index (χ2n) is 5.81. The van der Waals surface area contributed by atoms with Crippen LogP contribution < -0.4 is 10.1 Å². The Balaban J connectivity index is 1.68. The van der Waals surface area contributed by atoms with Crippen LogP contribution in [0.3, 0.4) is 0 Å². The summed E-state index contributed by atoms with van der Waals surface area (Å²) in [5, 5.41) is 2.98. The Bertz CT molecular complexity index is 657. The molecular weight excluding hydrogens is 288 g/mol. The Kier molecular flexibility index (Phi) is 4.81. The molecule has 0 bridgehead atoms. The Morgan fingerprint density at radius 1 is 1.17 bits per heavy atom. The Hall–Kier alpha value is -2.49. The minimum atomic E-state index is -0.0482. The monoisotopic (exact) mass is 310 g/mol. The molecule has 2 aromatic rings. The fraction of sp³-hybridized carbons (Fsp3) is 0.316. The molecular formula is C19H22N2O2. The normalized spacial score (nSPS) is 17.1. The number of para-hydroxylation sites is 2. The number of ether oxygens (including phenoxy) is 1. The van der Waals surface area contributed by atoms with Crippen LogP contribution in [0.15, 0.2) is 54.6 Å². The first kappa shape index (κ1) is 15.4. The van der Waals surface area contributed by atoms with Crippen molar-refractivity contribution in [2.24, 2.45) is 0 Å². The van der Waals surface area contributed by atoms with Gasteiger partial charge in [-0.05, 0) is 37.0 Å². The highest BCUT2D eigenvalue weighted by molar-refractivity contribution is 5.91. The van der Waals surface area contributed by atoms with E-state index in [4.69, 9.17) is 4.74 Å². The van der Waals surface area contributed by atoms with Gasteiger partial charge in [0.25, 0.3) is 0 Å². The summed E-state index contributed by atoms with van der Waals surface area (Å²) in [6.07, 6.45) is 3.01. The summed E-state index contributed by atoms with van der Waals surface area (Å²) < 4.78 is 5.30. The molecule has 1 aliphatic heterocycles. The van der Waals surface area contributed by atoms with E-state index < -0.39 is 0 Å². The third-order valence-electron chi connectivity index (χ3n) is 4.30. The molecule has 0 aliphatic carbocycles. The predicted octanol–water partition coefficient (Wildman–Crippen LogP) is 3.93. The maximum absolute atomic E-state index is 12.6. The van der Waals surface area contributed by atoms with Crippen LogP contribution in [0.5, 0.6) is 5.75 Å². The molecule has 1 atom stereocenters. The molecule has 0 saturated carbocycles. The van der Waals surface area contributed by atoms with Crippen LogP contribution in [0.1, 0.15) is 18.4 Å². The first-order chi connectivity index (χ1) is 11.3. The van der Waals surface area contributed by atoms with Crippen molar-refractivity contribution in [3.63, 3.8) is 0 Å². The molecule has 3 rings (SSSR count). The van der Waals surface area contributed by atoms with Gasteiger partial charge in [-0.3, -0.25) is 0 Å². The Morgan fingerprint density at radius 3 is 2.70 bits per heavy atom. The lowest BCUT2D eigenvalue weighted by atomic mass is 10.0. The number of carbonyl (C=O) groups is 1. The van der Waals surface area contributed by atoms with Crippen LogP contribution in [-0.4, -0.2) is 30.6 Å². The quantitative estimate of drug-likeness (QED) is 0.929. The minimum Gasteiger partial charge on any atom is -0.495 e. The van der Waals surface area contributed by atoms with Crippen molar-refractivity contribution in [2.45, 2.75) is 25.3 Å². The number of nitrogens with zero attached hydrogens (tertiary/aromatic N) is 1. The summed E-state index contributed by atoms with van der Waals surface area (Å²) in [6, 6.07) is 18.0. The van der Waals surface area contributed by atoms with Crippen molar-refractivity contribution in [1.82, 2.24) is 4.90 Å². The summed E-state index contributed by atoms with van der Waals surface area (Å²) in [5.74, 6) is 0.680. The largest absolute Gasteiger partial charge is 0.495 e. The minimum absolute atomic E-state index is 0.0482. The maximum Gasteiger partial charge on any atom is 0.322 e. The average molecular weight is 310 g/mol. The van der Waals surface area contributed by atoms with Crippen molar-refractivity contribution < 1.29 is 9.53 Å². The predicted molar refractivity (Wildman–Crippen MR) is 91.9 cm³/mol. The molecule has 0 aromatic heterocycles. The zero-order chi connectivity index (χ0) is 16.1. The van der Waals surface area contributed by atoms with Gasteiger partial charge in [0.1, 0.15) is 5.75 Å². The molecule has 1 heterocycles. The van der Waals surface area contributed by atoms with Gasteiger partial charge in [0.05, 0.1) is 12.8 Å². The number of nitrogens with one attached hydrogen (secondary N) is 1. The summed E-state index contributed by atoms with van der Waals surface area (Å²) in [7, 11) is 1.61. The van der Waals surface area contributed by atoms with Gasteiger partial charge in [-0.1, -0.05) is 42.5 Å². The second kappa shape index (κ2) is 7.18. The highest BCUT2D eigenvalue weighted by Gasteiger charge is 2.29. The van der Waals surface area contributed by atoms with Crippen molar-refractivity contribution in [2.75, 3.05) is 19.0 Å². The van der Waals surface area contributed by atoms with Crippen LogP contribution >= 0.6 is 0 Å². The third kappa shape index (κ3) is 3.65. The van der Waals surface area contributed by atoms with Crippen LogP contribution in [-0.2, 0) is 6.42 Å². The van der Waals surface area contributed by atoms with Gasteiger partial charge in [0.2, 0.25) is 0 Å². The number of hydrogen-bond donors (Lipinski definition) is 1. The van der Waals surface area contributed by atoms with Gasteiger partial charge < -0.3 is 15.0 Å². The van der Waals surface area contributed by atoms with E-state index in [0.29, 0.717) is 11.4 Å². The molecule has 0 spiro atoms. The van der Waals surface area contributed by atoms with Gasteiger partial charge in [-0.15, -0.1) is 0 Å². The van der Waals surface area contributed by atoms with Crippen molar-refractivity contribution in [1.29, 1.82) is 0 Å². The molecule has 1 saturated heterocycles. The van der Waals surface area contributed by atoms with E-state index in [1.807, 2.05) is 47.4 Å². The van der Waals surface area contributed by atoms with Crippen LogP contribution in [0.2, 0.25) is 0 Å². The molecule has 1 fully saturated rings. The van der Waals surface area contributed by atoms with Gasteiger partial charge in [-0.25, -0.2) is 4.79 Å². The summed E-state index contributed by atoms with van der Waals surface area (Å²) in [4.78, 5) is 14.6. The highest BCUT2D eigenvalue weighted by Crippen LogP contribution is 2.26. The second-order valence-corrected chi connectivity index (χ2v) is 5.81. The number of anilines is 1. The van der Waals surface area contributed by atoms with Gasteiger partial charge in [0, 0.05) is 12.6 Å². The maximum atomic E-state index is 12.6. The number of rotatable bonds is 4. The van der Waals surface area contributed by atoms with Gasteiger partial charge >= 0.3 is 6.03 Å². The molecule has 2 amide bonds. The fourth-order valence-electron chi connectivity index (χ4n) is 3.14. The first-order valence-electron chi connectivity index (χ1n) is 8.02. The fourth-order valence-corrected chi connectivity index (χ4v) is 3.14. The Labute approximate surface area is 137 Å². The zero-order valence-corrected chi connectivity index (χ0v) is 13.4. The molecule has 0 unspecified atom stereocenters. The van der Waals surface area contributed by atoms with E-state index >= 15 is 0 Å². The zero-order valence-electron chi connectivity index (χ0n) is 13.4. The highest BCUT2D eigenvalue weighted by atomic mass is 16.5. The molecule has 4 heteroatoms. The lowest BCUT2D eigenvalue weighted by Crippen LogP contribution is -2.39. The van der Waals surface area contributed by atoms with Crippen molar-refractivity contribution >= 4 is 11.7 Å². The molecule has 120 valence electrons. The molecule has 1 aliphatic rings. The van der Waals surface area contributed by atoms with Gasteiger partial charge in [0.15, 0.2) is 0 Å². The number of hydrogen-bond acceptors (Lipinski definition) is 2. The van der Waals surface area contributed by atoms with E-state index in [1.54, 1.807) is 7.11 Å². The van der Waals surface area contributed by atoms with Gasteiger partial charge in [-0.2, -0.15) is 0 Å². The molecule has 0 radical (unpaired) electrons. The van der Waals surface area contributed by atoms with Crippen molar-refractivity contribution in [3.8, 4) is 5.75 Å². The molecule has 1 N–H and O–H groups in total. The number of likely N-dealkylation sites (tertiary alicyclic amines) is 1. The van der Waals surface area contributed by atoms with E-state index in [-0.39, 0.29) is 12.1 Å². The Morgan fingerprint density at radius 2 is 1.91 bits per heavy atom. The van der Waals surface area contributed by atoms with Crippen molar-refractivity contribution in [3.05, 3.63) is 60.2 Å². The molecule has 2 aromatic carbocycles. The number of amides is 2. The van der Waals surface area contributed by atoms with E-state index in [0.717, 1.165) is 25.8 Å². The van der Waals surface area contributed by atoms with Crippen LogP contribution in [0, 0.1) is 0 Å². The summed E-state index contributed by atoms with van der Waals surface area (Å²) in [6.45, 7) is 0.804. The topological polar surface area (TPSA) is 41.6 Å². The third-order valence-corrected chi connectivity index (χ3v) is 4.30. The summed E-state index contributed by atoms with van der Waals surface area (Å²) >= 11 is 0. The number of methoxy groups -OCH3 is 1. The van der Waals surface area contributed by atoms with E-state index in [2.05, 4.69) is 17.4 Å². The lowest BCUT2D eigenvalue weighted by Gasteiger charge is -2.25. The molecule has 23 heavy (non-hydrogen) atoms. The number of carbonyl (C=O) groups excluding carboxylic acids is 1. The smallest absolute Gasteiger partial charge is 0.322 e. The average Bonchev–Trinajstić information content (AvgIpc) is 3.04. The molecule has 4 nitrogen and oxygen atoms in total. The number of urea groups is 1. The first-order valence-corrected chi connectivity index (χ1v) is 8.02. The van der Waals surface area contributed by atoms with Crippen LogP contribution in [0.25, 0.3) is 0 Å². The standard InChI is InChI=1S/C19H22N2O2/c1-23-18-12-6-5-11-17(18)20-19(22)21-13-7-10-16(21)14-15-8-3-2-4-9-15/h2-6,8-9,11-12,16H,7,10,13-14H2,1H3,(H,20,22)/t16-/m1/s1. The lowest BCUT2D eigenvalue weighted by molar-refractivity contribution is 0.206.